The number of esters is 2. The summed E-state index contributed by atoms with van der Waals surface area (Å²) in [6, 6.07) is -0.633. The van der Waals surface area contributed by atoms with E-state index in [1.54, 1.807) is 0 Å². The van der Waals surface area contributed by atoms with Gasteiger partial charge < -0.3 is 23.8 Å². The number of unbranched alkanes of at least 4 members (excludes halogenated alkanes) is 2. The van der Waals surface area contributed by atoms with Crippen molar-refractivity contribution >= 4 is 17.9 Å². The van der Waals surface area contributed by atoms with E-state index in [-0.39, 0.29) is 49.1 Å². The van der Waals surface area contributed by atoms with Gasteiger partial charge in [0.05, 0.1) is 34.4 Å². The van der Waals surface area contributed by atoms with Crippen molar-refractivity contribution in [2.45, 2.75) is 116 Å². The second-order valence-corrected chi connectivity index (χ2v) is 12.7. The van der Waals surface area contributed by atoms with Gasteiger partial charge in [-0.2, -0.15) is 0 Å². The lowest BCUT2D eigenvalue weighted by Crippen LogP contribution is -2.50. The standard InChI is InChI=1S/C41H65NO7/c1-6-8-10-12-14-16-17-18-19-20-21-22-24-25-27-29-31-39(43)48-36-37(35-47-34-33-38(41(45)46)42(3,4)5)49-40(44)32-30-28-26-23-15-13-11-9-7-2/h8-11,14-16,18-19,21-23,25,27,37-38H,6-7,12-13,17,20,24,26,28-36H2,1-5H3/p+1/b10-8+,11-9+,16-14+,19-18+,22-21+,23-15+,27-25+. The Labute approximate surface area is 297 Å². The summed E-state index contributed by atoms with van der Waals surface area (Å²) in [5.41, 5.74) is 0. The Morgan fingerprint density at radius 1 is 0.612 bits per heavy atom. The van der Waals surface area contributed by atoms with Crippen molar-refractivity contribution in [3.05, 3.63) is 85.1 Å². The smallest absolute Gasteiger partial charge is 0.362 e. The Hall–Kier alpha value is -3.49. The second-order valence-electron chi connectivity index (χ2n) is 12.7. The van der Waals surface area contributed by atoms with Crippen LogP contribution in [0.25, 0.3) is 0 Å². The number of hydrogen-bond acceptors (Lipinski definition) is 6. The van der Waals surface area contributed by atoms with Gasteiger partial charge in [0.15, 0.2) is 12.1 Å². The van der Waals surface area contributed by atoms with Gasteiger partial charge in [0, 0.05) is 19.3 Å². The van der Waals surface area contributed by atoms with Crippen molar-refractivity contribution in [2.75, 3.05) is 41.0 Å². The van der Waals surface area contributed by atoms with E-state index in [0.717, 1.165) is 57.8 Å². The summed E-state index contributed by atoms with van der Waals surface area (Å²) in [6.07, 6.45) is 39.5. The lowest BCUT2D eigenvalue weighted by atomic mass is 10.1. The van der Waals surface area contributed by atoms with Crippen LogP contribution in [0.2, 0.25) is 0 Å². The Bertz CT molecular complexity index is 1080. The zero-order chi connectivity index (χ0) is 36.4. The van der Waals surface area contributed by atoms with Crippen LogP contribution in [0.4, 0.5) is 0 Å². The van der Waals surface area contributed by atoms with Crippen molar-refractivity contribution in [2.24, 2.45) is 0 Å². The van der Waals surface area contributed by atoms with Gasteiger partial charge in [0.25, 0.3) is 0 Å². The lowest BCUT2D eigenvalue weighted by Gasteiger charge is -2.31. The molecule has 0 aliphatic carbocycles. The number of quaternary nitrogens is 1. The highest BCUT2D eigenvalue weighted by atomic mass is 16.6. The van der Waals surface area contributed by atoms with Crippen LogP contribution in [0.5, 0.6) is 0 Å². The van der Waals surface area contributed by atoms with E-state index in [9.17, 15) is 19.5 Å². The maximum Gasteiger partial charge on any atom is 0.362 e. The monoisotopic (exact) mass is 684 g/mol. The number of hydrogen-bond donors (Lipinski definition) is 1. The van der Waals surface area contributed by atoms with Gasteiger partial charge in [-0.3, -0.25) is 9.59 Å². The van der Waals surface area contributed by atoms with E-state index >= 15 is 0 Å². The molecule has 276 valence electrons. The summed E-state index contributed by atoms with van der Waals surface area (Å²) in [5, 5.41) is 9.56. The van der Waals surface area contributed by atoms with Gasteiger partial charge in [-0.1, -0.05) is 98.9 Å². The Morgan fingerprint density at radius 3 is 1.59 bits per heavy atom. The van der Waals surface area contributed by atoms with E-state index in [1.807, 2.05) is 33.3 Å². The molecule has 1 N–H and O–H groups in total. The first-order valence-electron chi connectivity index (χ1n) is 18.1. The highest BCUT2D eigenvalue weighted by Crippen LogP contribution is 2.10. The number of carbonyl (C=O) groups excluding carboxylic acids is 2. The summed E-state index contributed by atoms with van der Waals surface area (Å²) in [5.74, 6) is -1.64. The van der Waals surface area contributed by atoms with E-state index < -0.39 is 18.1 Å². The van der Waals surface area contributed by atoms with Crippen LogP contribution >= 0.6 is 0 Å². The maximum atomic E-state index is 12.6. The average Bonchev–Trinajstić information content (AvgIpc) is 3.05. The van der Waals surface area contributed by atoms with Crippen molar-refractivity contribution in [3.8, 4) is 0 Å². The van der Waals surface area contributed by atoms with Crippen LogP contribution in [0.3, 0.4) is 0 Å². The third-order valence-electron chi connectivity index (χ3n) is 7.30. The molecule has 0 saturated heterocycles. The molecule has 0 bridgehead atoms. The molecule has 0 aromatic rings. The van der Waals surface area contributed by atoms with Gasteiger partial charge in [0.2, 0.25) is 0 Å². The van der Waals surface area contributed by atoms with Gasteiger partial charge in [-0.15, -0.1) is 0 Å². The predicted molar refractivity (Wildman–Crippen MR) is 201 cm³/mol. The van der Waals surface area contributed by atoms with E-state index in [4.69, 9.17) is 14.2 Å². The number of nitrogens with zero attached hydrogens (tertiary/aromatic N) is 1. The molecule has 2 unspecified atom stereocenters. The van der Waals surface area contributed by atoms with Crippen LogP contribution < -0.4 is 0 Å². The molecule has 8 nitrogen and oxygen atoms in total. The number of carboxylic acids is 1. The fraction of sp³-hybridized carbons (Fsp3) is 0.585. The quantitative estimate of drug-likeness (QED) is 0.0349. The molecular weight excluding hydrogens is 618 g/mol. The molecule has 0 amide bonds. The molecular formula is C41H66NO7+. The molecule has 0 fully saturated rings. The van der Waals surface area contributed by atoms with Crippen LogP contribution in [-0.2, 0) is 28.6 Å². The summed E-state index contributed by atoms with van der Waals surface area (Å²) in [4.78, 5) is 36.6. The minimum absolute atomic E-state index is 0.0191. The number of carboxylic acid groups (broad SMARTS) is 1. The Morgan fingerprint density at radius 2 is 1.10 bits per heavy atom. The minimum atomic E-state index is -0.896. The Kier molecular flexibility index (Phi) is 29.5. The van der Waals surface area contributed by atoms with Gasteiger partial charge >= 0.3 is 17.9 Å². The molecule has 0 saturated carbocycles. The van der Waals surface area contributed by atoms with Gasteiger partial charge in [-0.25, -0.2) is 4.79 Å². The van der Waals surface area contributed by atoms with E-state index in [2.05, 4.69) is 86.8 Å². The van der Waals surface area contributed by atoms with Crippen LogP contribution in [0.15, 0.2) is 85.1 Å². The molecule has 2 atom stereocenters. The molecule has 0 spiro atoms. The normalized spacial score (nSPS) is 14.1. The van der Waals surface area contributed by atoms with Crippen molar-refractivity contribution < 1.29 is 38.2 Å². The number of aliphatic carboxylic acids is 1. The molecule has 0 aliphatic rings. The largest absolute Gasteiger partial charge is 0.477 e. The predicted octanol–water partition coefficient (Wildman–Crippen LogP) is 9.01. The summed E-state index contributed by atoms with van der Waals surface area (Å²) in [6.45, 7) is 4.33. The topological polar surface area (TPSA) is 99.1 Å². The third-order valence-corrected chi connectivity index (χ3v) is 7.30. The number of allylic oxidation sites excluding steroid dienone is 14. The molecule has 0 aromatic carbocycles. The van der Waals surface area contributed by atoms with Gasteiger partial charge in [-0.05, 0) is 70.6 Å². The molecule has 8 heteroatoms. The molecule has 0 heterocycles. The number of ether oxygens (including phenoxy) is 3. The van der Waals surface area contributed by atoms with Gasteiger partial charge in [0.1, 0.15) is 6.61 Å². The summed E-state index contributed by atoms with van der Waals surface area (Å²) >= 11 is 0. The fourth-order valence-corrected chi connectivity index (χ4v) is 4.53. The number of carbonyl (C=O) groups is 3. The van der Waals surface area contributed by atoms with Crippen molar-refractivity contribution in [1.29, 1.82) is 0 Å². The molecule has 0 aliphatic heterocycles. The molecule has 49 heavy (non-hydrogen) atoms. The zero-order valence-electron chi connectivity index (χ0n) is 31.1. The van der Waals surface area contributed by atoms with Crippen LogP contribution in [-0.4, -0.2) is 80.6 Å². The molecule has 0 rings (SSSR count). The van der Waals surface area contributed by atoms with E-state index in [0.29, 0.717) is 19.3 Å². The van der Waals surface area contributed by atoms with Crippen molar-refractivity contribution in [1.82, 2.24) is 0 Å². The highest BCUT2D eigenvalue weighted by molar-refractivity contribution is 5.72. The summed E-state index contributed by atoms with van der Waals surface area (Å²) < 4.78 is 17.0. The fourth-order valence-electron chi connectivity index (χ4n) is 4.53. The number of rotatable bonds is 30. The highest BCUT2D eigenvalue weighted by Gasteiger charge is 2.31. The zero-order valence-corrected chi connectivity index (χ0v) is 31.1. The van der Waals surface area contributed by atoms with Crippen LogP contribution in [0.1, 0.15) is 104 Å². The molecule has 0 radical (unpaired) electrons. The first kappa shape index (κ1) is 45.5. The second kappa shape index (κ2) is 31.8. The average molecular weight is 685 g/mol. The van der Waals surface area contributed by atoms with Crippen LogP contribution in [0, 0.1) is 0 Å². The first-order valence-corrected chi connectivity index (χ1v) is 18.1. The lowest BCUT2D eigenvalue weighted by molar-refractivity contribution is -0.887. The SMILES string of the molecule is CC/C=C/C/C=C/C/C=C/C/C=C/C/C=C/CCC(=O)OCC(COCCC(C(=O)O)[N+](C)(C)C)OC(=O)CCCC/C=C/C/C=C/CC. The maximum absolute atomic E-state index is 12.6. The summed E-state index contributed by atoms with van der Waals surface area (Å²) in [7, 11) is 5.46. The Balaban J connectivity index is 4.59. The molecule has 0 aromatic heterocycles. The van der Waals surface area contributed by atoms with Crippen molar-refractivity contribution in [3.63, 3.8) is 0 Å². The first-order chi connectivity index (χ1) is 23.6. The van der Waals surface area contributed by atoms with E-state index in [1.165, 1.54) is 0 Å². The minimum Gasteiger partial charge on any atom is -0.477 e. The third kappa shape index (κ3) is 30.3. The number of likely N-dealkylation sites (N-methyl/N-ethyl adjacent to an activating group) is 1.